The molecule has 0 atom stereocenters. The van der Waals surface area contributed by atoms with Gasteiger partial charge in [-0.15, -0.1) is 0 Å². The molecule has 3 aromatic carbocycles. The average molecular weight is 573 g/mol. The monoisotopic (exact) mass is 572 g/mol. The van der Waals surface area contributed by atoms with Crippen LogP contribution in [0.15, 0.2) is 66.7 Å². The predicted molar refractivity (Wildman–Crippen MR) is 170 cm³/mol. The lowest BCUT2D eigenvalue weighted by Crippen LogP contribution is -2.25. The molecule has 0 saturated heterocycles. The van der Waals surface area contributed by atoms with Crippen LogP contribution in [0, 0.1) is 35.2 Å². The summed E-state index contributed by atoms with van der Waals surface area (Å²) >= 11 is 0. The van der Waals surface area contributed by atoms with E-state index in [1.54, 1.807) is 42.5 Å². The Balaban J connectivity index is 1.20. The van der Waals surface area contributed by atoms with E-state index < -0.39 is 11.6 Å². The SMILES string of the molecule is CC=CC1CCC(C2CCC(c3ccc(-c4ccc(-c5ccc(CCCCCC)c(F)c5F)cc4)c(F)c3)CC2)CC1. The third-order valence-electron chi connectivity index (χ3n) is 10.2. The maximum Gasteiger partial charge on any atom is 0.166 e. The van der Waals surface area contributed by atoms with Gasteiger partial charge in [0.25, 0.3) is 0 Å². The summed E-state index contributed by atoms with van der Waals surface area (Å²) in [6.45, 7) is 4.26. The molecule has 2 saturated carbocycles. The second-order valence-corrected chi connectivity index (χ2v) is 12.8. The van der Waals surface area contributed by atoms with Gasteiger partial charge in [-0.05, 0) is 123 Å². The first-order chi connectivity index (χ1) is 20.5. The molecule has 2 fully saturated rings. The van der Waals surface area contributed by atoms with E-state index in [0.29, 0.717) is 29.0 Å². The molecular formula is C39H47F3. The van der Waals surface area contributed by atoms with Gasteiger partial charge in [-0.3, -0.25) is 0 Å². The highest BCUT2D eigenvalue weighted by Crippen LogP contribution is 2.44. The Morgan fingerprint density at radius 3 is 1.90 bits per heavy atom. The van der Waals surface area contributed by atoms with Crippen molar-refractivity contribution in [1.29, 1.82) is 0 Å². The lowest BCUT2D eigenvalue weighted by molar-refractivity contribution is 0.171. The van der Waals surface area contributed by atoms with Crippen molar-refractivity contribution in [3.63, 3.8) is 0 Å². The zero-order valence-electron chi connectivity index (χ0n) is 25.5. The van der Waals surface area contributed by atoms with Crippen molar-refractivity contribution in [1.82, 2.24) is 0 Å². The zero-order valence-corrected chi connectivity index (χ0v) is 25.5. The Morgan fingerprint density at radius 1 is 0.667 bits per heavy atom. The molecule has 0 N–H and O–H groups in total. The number of aryl methyl sites for hydroxylation is 1. The minimum atomic E-state index is -0.803. The predicted octanol–water partition coefficient (Wildman–Crippen LogP) is 12.2. The number of allylic oxidation sites excluding steroid dienone is 2. The van der Waals surface area contributed by atoms with Gasteiger partial charge in [-0.1, -0.05) is 86.9 Å². The third kappa shape index (κ3) is 7.21. The fraction of sp³-hybridized carbons (Fsp3) is 0.487. The Bertz CT molecular complexity index is 1320. The van der Waals surface area contributed by atoms with Gasteiger partial charge in [-0.25, -0.2) is 13.2 Å². The maximum absolute atomic E-state index is 15.4. The van der Waals surface area contributed by atoms with Gasteiger partial charge < -0.3 is 0 Å². The summed E-state index contributed by atoms with van der Waals surface area (Å²) in [4.78, 5) is 0. The molecule has 0 aromatic heterocycles. The largest absolute Gasteiger partial charge is 0.206 e. The van der Waals surface area contributed by atoms with E-state index in [-0.39, 0.29) is 11.4 Å². The summed E-state index contributed by atoms with van der Waals surface area (Å²) in [6.07, 6.45) is 19.4. The topological polar surface area (TPSA) is 0 Å². The second kappa shape index (κ2) is 14.6. The number of benzene rings is 3. The molecule has 2 aliphatic rings. The van der Waals surface area contributed by atoms with E-state index in [2.05, 4.69) is 32.1 Å². The molecule has 224 valence electrons. The number of hydrogen-bond donors (Lipinski definition) is 0. The van der Waals surface area contributed by atoms with Crippen LogP contribution in [0.2, 0.25) is 0 Å². The Hall–Kier alpha value is -2.81. The number of halogens is 3. The fourth-order valence-electron chi connectivity index (χ4n) is 7.60. The molecule has 3 heteroatoms. The van der Waals surface area contributed by atoms with E-state index in [1.165, 1.54) is 38.5 Å². The first-order valence-electron chi connectivity index (χ1n) is 16.5. The van der Waals surface area contributed by atoms with Gasteiger partial charge in [-0.2, -0.15) is 0 Å². The van der Waals surface area contributed by atoms with Crippen LogP contribution in [0.3, 0.4) is 0 Å². The Labute approximate surface area is 251 Å². The summed E-state index contributed by atoms with van der Waals surface area (Å²) < 4.78 is 45.1. The van der Waals surface area contributed by atoms with E-state index in [0.717, 1.165) is 67.4 Å². The highest BCUT2D eigenvalue weighted by molar-refractivity contribution is 5.71. The number of hydrogen-bond acceptors (Lipinski definition) is 0. The third-order valence-corrected chi connectivity index (χ3v) is 10.2. The summed E-state index contributed by atoms with van der Waals surface area (Å²) in [5.41, 5.74) is 3.67. The van der Waals surface area contributed by atoms with Crippen LogP contribution in [0.4, 0.5) is 13.2 Å². The highest BCUT2D eigenvalue weighted by atomic mass is 19.2. The zero-order chi connectivity index (χ0) is 29.5. The number of unbranched alkanes of at least 4 members (excludes halogenated alkanes) is 3. The Morgan fingerprint density at radius 2 is 1.29 bits per heavy atom. The molecule has 0 amide bonds. The highest BCUT2D eigenvalue weighted by Gasteiger charge is 2.31. The van der Waals surface area contributed by atoms with Crippen LogP contribution in [0.1, 0.15) is 108 Å². The minimum Gasteiger partial charge on any atom is -0.206 e. The normalized spacial score (nSPS) is 23.0. The van der Waals surface area contributed by atoms with Gasteiger partial charge in [0, 0.05) is 11.1 Å². The average Bonchev–Trinajstić information content (AvgIpc) is 3.02. The van der Waals surface area contributed by atoms with Crippen molar-refractivity contribution >= 4 is 0 Å². The van der Waals surface area contributed by atoms with Gasteiger partial charge in [0.05, 0.1) is 0 Å². The van der Waals surface area contributed by atoms with Crippen LogP contribution in [0.25, 0.3) is 22.3 Å². The van der Waals surface area contributed by atoms with Gasteiger partial charge in [0.15, 0.2) is 11.6 Å². The smallest absolute Gasteiger partial charge is 0.166 e. The van der Waals surface area contributed by atoms with Crippen molar-refractivity contribution in [3.8, 4) is 22.3 Å². The van der Waals surface area contributed by atoms with Crippen LogP contribution < -0.4 is 0 Å². The minimum absolute atomic E-state index is 0.214. The molecule has 3 aromatic rings. The molecule has 42 heavy (non-hydrogen) atoms. The summed E-state index contributed by atoms with van der Waals surface area (Å²) in [5, 5.41) is 0. The first-order valence-corrected chi connectivity index (χ1v) is 16.5. The molecule has 5 rings (SSSR count). The molecule has 0 unspecified atom stereocenters. The van der Waals surface area contributed by atoms with Crippen molar-refractivity contribution in [3.05, 3.63) is 95.3 Å². The van der Waals surface area contributed by atoms with Crippen LogP contribution in [0.5, 0.6) is 0 Å². The molecular weight excluding hydrogens is 525 g/mol. The molecule has 0 bridgehead atoms. The van der Waals surface area contributed by atoms with E-state index in [9.17, 15) is 8.78 Å². The van der Waals surface area contributed by atoms with Crippen molar-refractivity contribution < 1.29 is 13.2 Å². The van der Waals surface area contributed by atoms with Crippen molar-refractivity contribution in [2.75, 3.05) is 0 Å². The molecule has 0 spiro atoms. The van der Waals surface area contributed by atoms with Gasteiger partial charge >= 0.3 is 0 Å². The van der Waals surface area contributed by atoms with Gasteiger partial charge in [0.2, 0.25) is 0 Å². The summed E-state index contributed by atoms with van der Waals surface area (Å²) in [5.74, 6) is 1.14. The van der Waals surface area contributed by atoms with E-state index in [1.807, 2.05) is 6.07 Å². The quantitative estimate of drug-likeness (QED) is 0.167. The molecule has 0 aliphatic heterocycles. The molecule has 0 heterocycles. The number of rotatable bonds is 10. The molecule has 0 radical (unpaired) electrons. The lowest BCUT2D eigenvalue weighted by Gasteiger charge is -2.37. The lowest BCUT2D eigenvalue weighted by atomic mass is 9.68. The van der Waals surface area contributed by atoms with Crippen LogP contribution in [-0.2, 0) is 6.42 Å². The first kappa shape index (κ1) is 30.6. The molecule has 2 aliphatic carbocycles. The van der Waals surface area contributed by atoms with E-state index >= 15 is 4.39 Å². The van der Waals surface area contributed by atoms with Gasteiger partial charge in [0.1, 0.15) is 5.82 Å². The van der Waals surface area contributed by atoms with E-state index in [4.69, 9.17) is 0 Å². The van der Waals surface area contributed by atoms with Crippen LogP contribution >= 0.6 is 0 Å². The molecule has 0 nitrogen and oxygen atoms in total. The van der Waals surface area contributed by atoms with Crippen molar-refractivity contribution in [2.24, 2.45) is 17.8 Å². The standard InChI is InChI=1S/C39H47F3/c1-3-5-6-7-9-33-22-25-36(39(42)38(33)41)32-20-18-31(19-21-32)35-24-23-34(26-37(35)40)30-16-14-29(15-17-30)28-12-10-27(8-4-2)11-13-28/h4,8,18-30H,3,5-7,9-17H2,1-2H3. The Kier molecular flexibility index (Phi) is 10.6. The van der Waals surface area contributed by atoms with Crippen LogP contribution in [-0.4, -0.2) is 0 Å². The second-order valence-electron chi connectivity index (χ2n) is 12.8. The maximum atomic E-state index is 15.4. The summed E-state index contributed by atoms with van der Waals surface area (Å²) in [6, 6.07) is 16.2. The fourth-order valence-corrected chi connectivity index (χ4v) is 7.60. The van der Waals surface area contributed by atoms with Crippen molar-refractivity contribution in [2.45, 2.75) is 103 Å². The summed E-state index contributed by atoms with van der Waals surface area (Å²) in [7, 11) is 0.